The van der Waals surface area contributed by atoms with Crippen molar-refractivity contribution < 1.29 is 13.9 Å². The minimum atomic E-state index is -1.75. The lowest BCUT2D eigenvalue weighted by molar-refractivity contribution is -0.146. The Labute approximate surface area is 107 Å². The van der Waals surface area contributed by atoms with Gasteiger partial charge in [0.05, 0.1) is 13.7 Å². The van der Waals surface area contributed by atoms with Crippen molar-refractivity contribution in [2.24, 2.45) is 10.7 Å². The number of esters is 1. The summed E-state index contributed by atoms with van der Waals surface area (Å²) in [6.45, 7) is -0.293. The molecule has 0 radical (unpaired) electrons. The molecule has 0 bridgehead atoms. The second-order valence-corrected chi connectivity index (χ2v) is 4.55. The first kappa shape index (κ1) is 14.7. The van der Waals surface area contributed by atoms with Gasteiger partial charge in [0.15, 0.2) is 5.96 Å². The zero-order valence-corrected chi connectivity index (χ0v) is 10.8. The third-order valence-electron chi connectivity index (χ3n) is 3.09. The van der Waals surface area contributed by atoms with E-state index in [1.165, 1.54) is 25.7 Å². The van der Waals surface area contributed by atoms with E-state index in [1.807, 2.05) is 0 Å². The highest BCUT2D eigenvalue weighted by Crippen LogP contribution is 2.16. The van der Waals surface area contributed by atoms with Crippen molar-refractivity contribution in [3.63, 3.8) is 0 Å². The predicted octanol–water partition coefficient (Wildman–Crippen LogP) is 1.12. The Hall–Kier alpha value is -1.33. The molecule has 1 fully saturated rings. The fraction of sp³-hybridized carbons (Fsp3) is 0.833. The lowest BCUT2D eigenvalue weighted by Crippen LogP contribution is -2.40. The Bertz CT molecular complexity index is 289. The van der Waals surface area contributed by atoms with Crippen molar-refractivity contribution in [1.29, 1.82) is 0 Å². The second-order valence-electron chi connectivity index (χ2n) is 4.55. The molecular weight excluding hydrogens is 237 g/mol. The highest BCUT2D eigenvalue weighted by Gasteiger charge is 2.17. The van der Waals surface area contributed by atoms with Crippen molar-refractivity contribution in [3.05, 3.63) is 0 Å². The molecule has 0 amide bonds. The van der Waals surface area contributed by atoms with Crippen LogP contribution in [0.4, 0.5) is 4.39 Å². The molecule has 6 heteroatoms. The average Bonchev–Trinajstić information content (AvgIpc) is 2.63. The highest BCUT2D eigenvalue weighted by molar-refractivity contribution is 5.79. The SMILES string of the molecule is COC(=O)C(F)CN=C(N)NC1CCCCCC1. The van der Waals surface area contributed by atoms with E-state index in [4.69, 9.17) is 5.73 Å². The van der Waals surface area contributed by atoms with Gasteiger partial charge in [-0.25, -0.2) is 14.2 Å². The van der Waals surface area contributed by atoms with E-state index in [9.17, 15) is 9.18 Å². The molecule has 104 valence electrons. The number of nitrogens with one attached hydrogen (secondary N) is 1. The Kier molecular flexibility index (Phi) is 6.46. The minimum Gasteiger partial charge on any atom is -0.467 e. The van der Waals surface area contributed by atoms with Gasteiger partial charge in [-0.05, 0) is 12.8 Å². The van der Waals surface area contributed by atoms with E-state index in [0.29, 0.717) is 6.04 Å². The van der Waals surface area contributed by atoms with Gasteiger partial charge in [0.25, 0.3) is 0 Å². The van der Waals surface area contributed by atoms with Gasteiger partial charge in [0, 0.05) is 6.04 Å². The Morgan fingerprint density at radius 2 is 2.06 bits per heavy atom. The van der Waals surface area contributed by atoms with E-state index in [0.717, 1.165) is 20.0 Å². The van der Waals surface area contributed by atoms with Crippen LogP contribution in [-0.2, 0) is 9.53 Å². The van der Waals surface area contributed by atoms with Gasteiger partial charge in [0.2, 0.25) is 6.17 Å². The van der Waals surface area contributed by atoms with Crippen molar-refractivity contribution in [2.75, 3.05) is 13.7 Å². The van der Waals surface area contributed by atoms with Crippen molar-refractivity contribution in [3.8, 4) is 0 Å². The Balaban J connectivity index is 2.34. The van der Waals surface area contributed by atoms with Crippen LogP contribution in [0.2, 0.25) is 0 Å². The van der Waals surface area contributed by atoms with Crippen LogP contribution in [0.1, 0.15) is 38.5 Å². The molecule has 1 aliphatic carbocycles. The lowest BCUT2D eigenvalue weighted by Gasteiger charge is -2.16. The molecule has 0 saturated heterocycles. The van der Waals surface area contributed by atoms with Crippen molar-refractivity contribution >= 4 is 11.9 Å². The molecule has 0 spiro atoms. The van der Waals surface area contributed by atoms with Gasteiger partial charge in [-0.1, -0.05) is 25.7 Å². The maximum absolute atomic E-state index is 13.1. The molecule has 0 aromatic carbocycles. The molecule has 0 heterocycles. The topological polar surface area (TPSA) is 76.7 Å². The van der Waals surface area contributed by atoms with Gasteiger partial charge in [-0.3, -0.25) is 0 Å². The molecule has 0 aliphatic heterocycles. The third-order valence-corrected chi connectivity index (χ3v) is 3.09. The summed E-state index contributed by atoms with van der Waals surface area (Å²) in [5, 5.41) is 3.08. The first-order chi connectivity index (χ1) is 8.63. The fourth-order valence-electron chi connectivity index (χ4n) is 2.06. The summed E-state index contributed by atoms with van der Waals surface area (Å²) < 4.78 is 17.4. The number of nitrogens with two attached hydrogens (primary N) is 1. The summed E-state index contributed by atoms with van der Waals surface area (Å²) in [5.41, 5.74) is 5.67. The summed E-state index contributed by atoms with van der Waals surface area (Å²) in [4.78, 5) is 14.7. The van der Waals surface area contributed by atoms with Crippen molar-refractivity contribution in [1.82, 2.24) is 5.32 Å². The second kappa shape index (κ2) is 7.89. The summed E-state index contributed by atoms with van der Waals surface area (Å²) in [6.07, 6.45) is 5.24. The number of nitrogens with zero attached hydrogens (tertiary/aromatic N) is 1. The molecule has 1 atom stereocenters. The lowest BCUT2D eigenvalue weighted by atomic mass is 10.1. The molecular formula is C12H22FN3O2. The Morgan fingerprint density at radius 3 is 2.61 bits per heavy atom. The quantitative estimate of drug-likeness (QED) is 0.343. The third kappa shape index (κ3) is 5.33. The minimum absolute atomic E-state index is 0.202. The Morgan fingerprint density at radius 1 is 1.44 bits per heavy atom. The number of hydrogen-bond acceptors (Lipinski definition) is 3. The molecule has 1 unspecified atom stereocenters. The number of hydrogen-bond donors (Lipinski definition) is 2. The van der Waals surface area contributed by atoms with Crippen LogP contribution < -0.4 is 11.1 Å². The zero-order valence-electron chi connectivity index (χ0n) is 10.8. The first-order valence-corrected chi connectivity index (χ1v) is 6.42. The monoisotopic (exact) mass is 259 g/mol. The number of carbonyl (C=O) groups excluding carboxylic acids is 1. The molecule has 1 saturated carbocycles. The normalized spacial score (nSPS) is 20.0. The van der Waals surface area contributed by atoms with Gasteiger partial charge in [0.1, 0.15) is 0 Å². The average molecular weight is 259 g/mol. The summed E-state index contributed by atoms with van der Waals surface area (Å²) in [5.74, 6) is -0.713. The molecule has 18 heavy (non-hydrogen) atoms. The van der Waals surface area contributed by atoms with Gasteiger partial charge >= 0.3 is 5.97 Å². The van der Waals surface area contributed by atoms with Crippen LogP contribution in [-0.4, -0.2) is 37.8 Å². The van der Waals surface area contributed by atoms with Crippen molar-refractivity contribution in [2.45, 2.75) is 50.7 Å². The molecule has 0 aromatic heterocycles. The van der Waals surface area contributed by atoms with E-state index in [2.05, 4.69) is 15.0 Å². The van der Waals surface area contributed by atoms with Crippen LogP contribution in [0.3, 0.4) is 0 Å². The number of methoxy groups -OCH3 is 1. The van der Waals surface area contributed by atoms with Crippen LogP contribution in [0.15, 0.2) is 4.99 Å². The highest BCUT2D eigenvalue weighted by atomic mass is 19.1. The van der Waals surface area contributed by atoms with Gasteiger partial charge in [-0.2, -0.15) is 0 Å². The maximum Gasteiger partial charge on any atom is 0.342 e. The maximum atomic E-state index is 13.1. The van der Waals surface area contributed by atoms with E-state index in [1.54, 1.807) is 0 Å². The predicted molar refractivity (Wildman–Crippen MR) is 68.0 cm³/mol. The number of halogens is 1. The molecule has 1 aliphatic rings. The number of rotatable bonds is 4. The number of aliphatic imine (C=N–C) groups is 1. The number of carbonyl (C=O) groups is 1. The molecule has 5 nitrogen and oxygen atoms in total. The summed E-state index contributed by atoms with van der Waals surface area (Å²) in [7, 11) is 1.14. The summed E-state index contributed by atoms with van der Waals surface area (Å²) >= 11 is 0. The number of alkyl halides is 1. The van der Waals surface area contributed by atoms with Gasteiger partial charge < -0.3 is 15.8 Å². The largest absolute Gasteiger partial charge is 0.467 e. The first-order valence-electron chi connectivity index (χ1n) is 6.42. The fourth-order valence-corrected chi connectivity index (χ4v) is 2.06. The standard InChI is InChI=1S/C12H22FN3O2/c1-18-11(17)10(13)8-15-12(14)16-9-6-4-2-3-5-7-9/h9-10H,2-8H2,1H3,(H3,14,15,16). The summed E-state index contributed by atoms with van der Waals surface area (Å²) in [6, 6.07) is 0.312. The van der Waals surface area contributed by atoms with Crippen LogP contribution in [0.25, 0.3) is 0 Å². The number of guanidine groups is 1. The smallest absolute Gasteiger partial charge is 0.342 e. The molecule has 0 aromatic rings. The van der Waals surface area contributed by atoms with Crippen LogP contribution >= 0.6 is 0 Å². The van der Waals surface area contributed by atoms with Crippen LogP contribution in [0, 0.1) is 0 Å². The van der Waals surface area contributed by atoms with E-state index < -0.39 is 12.1 Å². The molecule has 1 rings (SSSR count). The van der Waals surface area contributed by atoms with Crippen LogP contribution in [0.5, 0.6) is 0 Å². The number of ether oxygens (including phenoxy) is 1. The van der Waals surface area contributed by atoms with Gasteiger partial charge in [-0.15, -0.1) is 0 Å². The van der Waals surface area contributed by atoms with E-state index >= 15 is 0 Å². The van der Waals surface area contributed by atoms with E-state index in [-0.39, 0.29) is 12.5 Å². The molecule has 3 N–H and O–H groups in total. The zero-order chi connectivity index (χ0) is 13.4.